The van der Waals surface area contributed by atoms with E-state index in [1.165, 1.54) is 22.3 Å². The maximum atomic E-state index is 6.19. The van der Waals surface area contributed by atoms with Crippen LogP contribution in [0.4, 0.5) is 0 Å². The predicted octanol–water partition coefficient (Wildman–Crippen LogP) is 2.91. The summed E-state index contributed by atoms with van der Waals surface area (Å²) in [5, 5.41) is 0. The van der Waals surface area contributed by atoms with Crippen LogP contribution in [-0.2, 0) is 11.2 Å². The lowest BCUT2D eigenvalue weighted by atomic mass is 9.93. The Morgan fingerprint density at radius 2 is 1.71 bits per heavy atom. The number of rotatable bonds is 5. The number of nitrogens with two attached hydrogens (primary N) is 1. The fourth-order valence-corrected chi connectivity index (χ4v) is 2.32. The molecule has 0 saturated heterocycles. The van der Waals surface area contributed by atoms with E-state index in [1.807, 2.05) is 13.8 Å². The van der Waals surface area contributed by atoms with Gasteiger partial charge in [-0.1, -0.05) is 17.7 Å². The molecule has 0 radical (unpaired) electrons. The summed E-state index contributed by atoms with van der Waals surface area (Å²) in [6.45, 7) is 11.2. The van der Waals surface area contributed by atoms with Crippen LogP contribution in [0, 0.1) is 20.8 Å². The van der Waals surface area contributed by atoms with Crippen LogP contribution in [0.15, 0.2) is 12.1 Å². The smallest absolute Gasteiger partial charge is 0.0700 e. The van der Waals surface area contributed by atoms with Crippen molar-refractivity contribution in [2.45, 2.75) is 53.2 Å². The van der Waals surface area contributed by atoms with Gasteiger partial charge in [0.25, 0.3) is 0 Å². The molecular weight excluding hydrogens is 210 g/mol. The van der Waals surface area contributed by atoms with Gasteiger partial charge in [0.05, 0.1) is 6.10 Å². The van der Waals surface area contributed by atoms with Crippen LogP contribution in [0.3, 0.4) is 0 Å². The standard InChI is InChI=1S/C15H25NO/c1-6-17-13(5)15(16)9-14-11(3)7-10(2)8-12(14)4/h7-8,13,15H,6,9,16H2,1-5H3. The molecule has 0 aliphatic heterocycles. The molecule has 0 spiro atoms. The van der Waals surface area contributed by atoms with Crippen molar-refractivity contribution >= 4 is 0 Å². The van der Waals surface area contributed by atoms with E-state index in [-0.39, 0.29) is 12.1 Å². The molecule has 0 aliphatic carbocycles. The summed E-state index contributed by atoms with van der Waals surface area (Å²) in [5.41, 5.74) is 11.5. The zero-order chi connectivity index (χ0) is 13.0. The average molecular weight is 235 g/mol. The van der Waals surface area contributed by atoms with Crippen molar-refractivity contribution in [3.05, 3.63) is 34.4 Å². The van der Waals surface area contributed by atoms with Gasteiger partial charge in [0.15, 0.2) is 0 Å². The Morgan fingerprint density at radius 1 is 1.18 bits per heavy atom. The van der Waals surface area contributed by atoms with E-state index < -0.39 is 0 Å². The monoisotopic (exact) mass is 235 g/mol. The Kier molecular flexibility index (Phi) is 5.16. The topological polar surface area (TPSA) is 35.2 Å². The molecule has 1 aromatic carbocycles. The van der Waals surface area contributed by atoms with Crippen LogP contribution in [0.5, 0.6) is 0 Å². The van der Waals surface area contributed by atoms with Gasteiger partial charge in [-0.2, -0.15) is 0 Å². The third-order valence-corrected chi connectivity index (χ3v) is 3.31. The quantitative estimate of drug-likeness (QED) is 0.851. The Balaban J connectivity index is 2.81. The molecule has 1 aromatic rings. The van der Waals surface area contributed by atoms with Gasteiger partial charge in [-0.25, -0.2) is 0 Å². The second kappa shape index (κ2) is 6.18. The Hall–Kier alpha value is -0.860. The van der Waals surface area contributed by atoms with Crippen LogP contribution in [0.1, 0.15) is 36.1 Å². The fraction of sp³-hybridized carbons (Fsp3) is 0.600. The van der Waals surface area contributed by atoms with E-state index in [4.69, 9.17) is 10.5 Å². The van der Waals surface area contributed by atoms with Gasteiger partial charge in [0.2, 0.25) is 0 Å². The summed E-state index contributed by atoms with van der Waals surface area (Å²) < 4.78 is 5.55. The van der Waals surface area contributed by atoms with Crippen molar-refractivity contribution < 1.29 is 4.74 Å². The molecule has 17 heavy (non-hydrogen) atoms. The summed E-state index contributed by atoms with van der Waals surface area (Å²) in [4.78, 5) is 0. The van der Waals surface area contributed by atoms with Crippen LogP contribution < -0.4 is 5.73 Å². The molecule has 2 atom stereocenters. The molecule has 0 saturated carbocycles. The maximum Gasteiger partial charge on any atom is 0.0700 e. The largest absolute Gasteiger partial charge is 0.377 e. The Morgan fingerprint density at radius 3 is 2.18 bits per heavy atom. The predicted molar refractivity (Wildman–Crippen MR) is 73.4 cm³/mol. The van der Waals surface area contributed by atoms with Gasteiger partial charge in [-0.05, 0) is 57.7 Å². The molecule has 0 heterocycles. The number of benzene rings is 1. The van der Waals surface area contributed by atoms with E-state index >= 15 is 0 Å². The third kappa shape index (κ3) is 3.83. The summed E-state index contributed by atoms with van der Waals surface area (Å²) in [6, 6.07) is 4.51. The van der Waals surface area contributed by atoms with E-state index in [1.54, 1.807) is 0 Å². The van der Waals surface area contributed by atoms with Gasteiger partial charge < -0.3 is 10.5 Å². The molecule has 1 rings (SSSR count). The zero-order valence-corrected chi connectivity index (χ0v) is 11.7. The minimum Gasteiger partial charge on any atom is -0.377 e. The van der Waals surface area contributed by atoms with Gasteiger partial charge >= 0.3 is 0 Å². The van der Waals surface area contributed by atoms with Crippen molar-refractivity contribution in [1.82, 2.24) is 0 Å². The van der Waals surface area contributed by atoms with Crippen molar-refractivity contribution in [2.75, 3.05) is 6.61 Å². The summed E-state index contributed by atoms with van der Waals surface area (Å²) >= 11 is 0. The number of hydrogen-bond acceptors (Lipinski definition) is 2. The maximum absolute atomic E-state index is 6.19. The highest BCUT2D eigenvalue weighted by molar-refractivity contribution is 5.38. The van der Waals surface area contributed by atoms with E-state index in [2.05, 4.69) is 32.9 Å². The molecule has 2 N–H and O–H groups in total. The molecule has 0 amide bonds. The van der Waals surface area contributed by atoms with Crippen LogP contribution in [0.2, 0.25) is 0 Å². The van der Waals surface area contributed by atoms with E-state index in [0.29, 0.717) is 0 Å². The van der Waals surface area contributed by atoms with Crippen LogP contribution in [0.25, 0.3) is 0 Å². The minimum atomic E-state index is 0.0649. The van der Waals surface area contributed by atoms with E-state index in [0.717, 1.165) is 13.0 Å². The molecule has 0 fully saturated rings. The van der Waals surface area contributed by atoms with Crippen molar-refractivity contribution in [3.8, 4) is 0 Å². The molecule has 0 aliphatic rings. The number of ether oxygens (including phenoxy) is 1. The van der Waals surface area contributed by atoms with Gasteiger partial charge in [-0.15, -0.1) is 0 Å². The van der Waals surface area contributed by atoms with Gasteiger partial charge in [-0.3, -0.25) is 0 Å². The van der Waals surface area contributed by atoms with Crippen molar-refractivity contribution in [2.24, 2.45) is 5.73 Å². The Bertz CT molecular complexity index is 350. The second-order valence-corrected chi connectivity index (χ2v) is 4.91. The van der Waals surface area contributed by atoms with Gasteiger partial charge in [0, 0.05) is 12.6 Å². The summed E-state index contributed by atoms with van der Waals surface area (Å²) in [6.07, 6.45) is 0.999. The fourth-order valence-electron chi connectivity index (χ4n) is 2.32. The lowest BCUT2D eigenvalue weighted by molar-refractivity contribution is 0.0576. The Labute approximate surface area is 105 Å². The first-order valence-electron chi connectivity index (χ1n) is 6.39. The van der Waals surface area contributed by atoms with Gasteiger partial charge in [0.1, 0.15) is 0 Å². The van der Waals surface area contributed by atoms with Crippen LogP contribution >= 0.6 is 0 Å². The molecule has 2 unspecified atom stereocenters. The normalized spacial score (nSPS) is 14.7. The lowest BCUT2D eigenvalue weighted by Crippen LogP contribution is -2.37. The highest BCUT2D eigenvalue weighted by atomic mass is 16.5. The van der Waals surface area contributed by atoms with E-state index in [9.17, 15) is 0 Å². The highest BCUT2D eigenvalue weighted by Gasteiger charge is 2.15. The lowest BCUT2D eigenvalue weighted by Gasteiger charge is -2.22. The molecule has 0 bridgehead atoms. The first kappa shape index (κ1) is 14.2. The number of hydrogen-bond donors (Lipinski definition) is 1. The first-order valence-corrected chi connectivity index (χ1v) is 6.39. The molecule has 2 nitrogen and oxygen atoms in total. The summed E-state index contributed by atoms with van der Waals surface area (Å²) in [5.74, 6) is 0. The van der Waals surface area contributed by atoms with Crippen LogP contribution in [-0.4, -0.2) is 18.8 Å². The zero-order valence-electron chi connectivity index (χ0n) is 11.7. The molecular formula is C15H25NO. The second-order valence-electron chi connectivity index (χ2n) is 4.91. The molecule has 0 aromatic heterocycles. The molecule has 2 heteroatoms. The average Bonchev–Trinajstić information content (AvgIpc) is 2.23. The highest BCUT2D eigenvalue weighted by Crippen LogP contribution is 2.18. The van der Waals surface area contributed by atoms with Crippen molar-refractivity contribution in [1.29, 1.82) is 0 Å². The minimum absolute atomic E-state index is 0.0649. The first-order chi connectivity index (χ1) is 7.95. The summed E-state index contributed by atoms with van der Waals surface area (Å²) in [7, 11) is 0. The van der Waals surface area contributed by atoms with Crippen molar-refractivity contribution in [3.63, 3.8) is 0 Å². The number of aryl methyl sites for hydroxylation is 3. The SMILES string of the molecule is CCOC(C)C(N)Cc1c(C)cc(C)cc1C. The molecule has 96 valence electrons. The third-order valence-electron chi connectivity index (χ3n) is 3.31.